The number of amides is 1. The molecular weight excluding hydrogens is 354 g/mol. The average molecular weight is 383 g/mol. The minimum absolute atomic E-state index is 0.0192. The van der Waals surface area contributed by atoms with Crippen LogP contribution in [-0.4, -0.2) is 43.2 Å². The topological polar surface area (TPSA) is 90.8 Å². The molecule has 0 aromatic heterocycles. The van der Waals surface area contributed by atoms with Gasteiger partial charge in [-0.25, -0.2) is 0 Å². The Labute approximate surface area is 166 Å². The fourth-order valence-electron chi connectivity index (χ4n) is 2.48. The smallest absolute Gasteiger partial charge is 0.269 e. The Kier molecular flexibility index (Phi) is 9.60. The number of ketones is 1. The van der Waals surface area contributed by atoms with Crippen molar-refractivity contribution in [1.82, 2.24) is 5.32 Å². The molecule has 0 bridgehead atoms. The van der Waals surface area contributed by atoms with E-state index in [1.807, 2.05) is 33.0 Å². The second-order valence-electron chi connectivity index (χ2n) is 6.30. The summed E-state index contributed by atoms with van der Waals surface area (Å²) in [5.74, 6) is -0.524. The van der Waals surface area contributed by atoms with Gasteiger partial charge in [-0.05, 0) is 55.2 Å². The van der Waals surface area contributed by atoms with Gasteiger partial charge >= 0.3 is 0 Å². The molecule has 0 saturated heterocycles. The molecule has 0 spiro atoms. The minimum Gasteiger partial charge on any atom is -0.395 e. The van der Waals surface area contributed by atoms with Gasteiger partial charge in [0.15, 0.2) is 5.78 Å². The first kappa shape index (κ1) is 23.0. The van der Waals surface area contributed by atoms with Gasteiger partial charge in [-0.3, -0.25) is 14.6 Å². The Morgan fingerprint density at radius 1 is 1.29 bits per heavy atom. The Balaban J connectivity index is 2.77. The largest absolute Gasteiger partial charge is 0.395 e. The van der Waals surface area contributed by atoms with E-state index >= 15 is 0 Å². The van der Waals surface area contributed by atoms with Crippen molar-refractivity contribution in [2.75, 3.05) is 25.5 Å². The van der Waals surface area contributed by atoms with Crippen molar-refractivity contribution in [2.24, 2.45) is 4.99 Å². The molecule has 0 aliphatic carbocycles. The van der Waals surface area contributed by atoms with Crippen LogP contribution < -0.4 is 10.6 Å². The van der Waals surface area contributed by atoms with Crippen molar-refractivity contribution < 1.29 is 14.7 Å². The van der Waals surface area contributed by atoms with Crippen LogP contribution in [0.4, 0.5) is 5.69 Å². The maximum atomic E-state index is 12.3. The van der Waals surface area contributed by atoms with Crippen molar-refractivity contribution in [3.8, 4) is 0 Å². The van der Waals surface area contributed by atoms with E-state index < -0.39 is 5.91 Å². The number of nitrogens with one attached hydrogen (secondary N) is 2. The molecule has 28 heavy (non-hydrogen) atoms. The number of aliphatic hydroxyl groups is 1. The molecule has 1 aromatic rings. The Morgan fingerprint density at radius 3 is 2.61 bits per heavy atom. The third kappa shape index (κ3) is 7.32. The maximum absolute atomic E-state index is 12.3. The van der Waals surface area contributed by atoms with Crippen LogP contribution in [0.3, 0.4) is 0 Å². The Hall–Kier alpha value is -2.99. The van der Waals surface area contributed by atoms with Crippen molar-refractivity contribution in [3.05, 3.63) is 58.8 Å². The van der Waals surface area contributed by atoms with Gasteiger partial charge in [-0.15, -0.1) is 0 Å². The lowest BCUT2D eigenvalue weighted by atomic mass is 10.0. The highest BCUT2D eigenvalue weighted by molar-refractivity contribution is 6.01. The number of benzene rings is 1. The highest BCUT2D eigenvalue weighted by Gasteiger charge is 2.06. The fourth-order valence-corrected chi connectivity index (χ4v) is 2.48. The summed E-state index contributed by atoms with van der Waals surface area (Å²) >= 11 is 0. The Bertz CT molecular complexity index is 821. The minimum atomic E-state index is -0.456. The highest BCUT2D eigenvalue weighted by atomic mass is 16.3. The molecule has 0 fully saturated rings. The van der Waals surface area contributed by atoms with Crippen LogP contribution in [0.2, 0.25) is 0 Å². The van der Waals surface area contributed by atoms with E-state index in [2.05, 4.69) is 28.3 Å². The monoisotopic (exact) mass is 383 g/mol. The molecule has 0 radical (unpaired) electrons. The summed E-state index contributed by atoms with van der Waals surface area (Å²) in [5, 5.41) is 14.3. The third-order valence-electron chi connectivity index (χ3n) is 4.11. The number of hydrogen-bond donors (Lipinski definition) is 3. The first-order valence-corrected chi connectivity index (χ1v) is 9.09. The van der Waals surface area contributed by atoms with E-state index in [1.54, 1.807) is 19.1 Å². The molecule has 0 heterocycles. The maximum Gasteiger partial charge on any atom is 0.269 e. The van der Waals surface area contributed by atoms with Gasteiger partial charge in [0.25, 0.3) is 5.91 Å². The normalized spacial score (nSPS) is 11.8. The van der Waals surface area contributed by atoms with E-state index in [4.69, 9.17) is 5.11 Å². The van der Waals surface area contributed by atoms with Gasteiger partial charge in [0, 0.05) is 31.9 Å². The van der Waals surface area contributed by atoms with Crippen LogP contribution in [0.5, 0.6) is 0 Å². The molecule has 1 rings (SSSR count). The summed E-state index contributed by atoms with van der Waals surface area (Å²) in [6.45, 7) is 9.39. The highest BCUT2D eigenvalue weighted by Crippen LogP contribution is 2.22. The molecule has 0 unspecified atom stereocenters. The van der Waals surface area contributed by atoms with Crippen LogP contribution in [0.1, 0.15) is 30.0 Å². The molecule has 0 atom stereocenters. The number of carbonyl (C=O) groups excluding carboxylic acids is 2. The van der Waals surface area contributed by atoms with Crippen molar-refractivity contribution in [2.45, 2.75) is 27.2 Å². The van der Waals surface area contributed by atoms with Crippen LogP contribution >= 0.6 is 0 Å². The summed E-state index contributed by atoms with van der Waals surface area (Å²) in [7, 11) is 1.87. The molecule has 0 aliphatic rings. The Morgan fingerprint density at radius 2 is 2.00 bits per heavy atom. The standard InChI is InChI=1S/C22H29N3O3/c1-6-18(14-25-17(4)22(28)24-9-10-26)13-20(27)8-7-19-11-15(2)12-21(23-5)16(19)3/h6-8,11-12,14,23,26H,4,9-10,13H2,1-3,5H3,(H,24,28)/b8-7+,18-6-,25-14?. The number of aliphatic imine (C=N–C) groups is 1. The molecule has 0 saturated carbocycles. The summed E-state index contributed by atoms with van der Waals surface area (Å²) in [6.07, 6.45) is 6.78. The second-order valence-corrected chi connectivity index (χ2v) is 6.30. The zero-order valence-electron chi connectivity index (χ0n) is 17.0. The lowest BCUT2D eigenvalue weighted by molar-refractivity contribution is -0.117. The molecule has 3 N–H and O–H groups in total. The predicted octanol–water partition coefficient (Wildman–Crippen LogP) is 2.96. The van der Waals surface area contributed by atoms with Crippen LogP contribution in [-0.2, 0) is 9.59 Å². The van der Waals surface area contributed by atoms with Gasteiger partial charge in [0.1, 0.15) is 5.70 Å². The van der Waals surface area contributed by atoms with Gasteiger partial charge < -0.3 is 15.7 Å². The summed E-state index contributed by atoms with van der Waals surface area (Å²) < 4.78 is 0. The number of allylic oxidation sites excluding steroid dienone is 3. The van der Waals surface area contributed by atoms with Crippen LogP contribution in [0, 0.1) is 13.8 Å². The summed E-state index contributed by atoms with van der Waals surface area (Å²) in [4.78, 5) is 28.0. The lowest BCUT2D eigenvalue weighted by Gasteiger charge is -2.10. The third-order valence-corrected chi connectivity index (χ3v) is 4.11. The van der Waals surface area contributed by atoms with Crippen LogP contribution in [0.15, 0.2) is 47.1 Å². The van der Waals surface area contributed by atoms with Crippen LogP contribution in [0.25, 0.3) is 6.08 Å². The average Bonchev–Trinajstić information content (AvgIpc) is 2.68. The molecule has 150 valence electrons. The molecule has 1 amide bonds. The van der Waals surface area contributed by atoms with Gasteiger partial charge in [-0.1, -0.05) is 24.8 Å². The molecule has 1 aromatic carbocycles. The zero-order chi connectivity index (χ0) is 21.1. The molecule has 6 heteroatoms. The van der Waals surface area contributed by atoms with Crippen molar-refractivity contribution in [3.63, 3.8) is 0 Å². The first-order chi connectivity index (χ1) is 13.3. The fraction of sp³-hybridized carbons (Fsp3) is 0.318. The van der Waals surface area contributed by atoms with E-state index in [1.165, 1.54) is 6.21 Å². The number of anilines is 1. The van der Waals surface area contributed by atoms with E-state index in [9.17, 15) is 9.59 Å². The molecular formula is C22H29N3O3. The van der Waals surface area contributed by atoms with Crippen molar-refractivity contribution >= 4 is 29.7 Å². The lowest BCUT2D eigenvalue weighted by Crippen LogP contribution is -2.26. The summed E-state index contributed by atoms with van der Waals surface area (Å²) in [5.41, 5.74) is 4.92. The SMILES string of the molecule is C=C(N=C/C(=C\C)CC(=O)/C=C/c1cc(C)cc(NC)c1C)C(=O)NCCO. The first-order valence-electron chi connectivity index (χ1n) is 9.09. The number of carbonyl (C=O) groups is 2. The second kappa shape index (κ2) is 11.7. The number of aryl methyl sites for hydroxylation is 1. The van der Waals surface area contributed by atoms with Gasteiger partial charge in [0.2, 0.25) is 0 Å². The van der Waals surface area contributed by atoms with Gasteiger partial charge in [0.05, 0.1) is 6.61 Å². The zero-order valence-corrected chi connectivity index (χ0v) is 17.0. The number of nitrogens with zero attached hydrogens (tertiary/aromatic N) is 1. The number of rotatable bonds is 10. The van der Waals surface area contributed by atoms with Crippen molar-refractivity contribution in [1.29, 1.82) is 0 Å². The van der Waals surface area contributed by atoms with E-state index in [0.717, 1.165) is 22.4 Å². The molecule has 6 nitrogen and oxygen atoms in total. The van der Waals surface area contributed by atoms with E-state index in [0.29, 0.717) is 5.57 Å². The quantitative estimate of drug-likeness (QED) is 0.428. The summed E-state index contributed by atoms with van der Waals surface area (Å²) in [6, 6.07) is 4.10. The van der Waals surface area contributed by atoms with Gasteiger partial charge in [-0.2, -0.15) is 0 Å². The molecule has 0 aliphatic heterocycles. The van der Waals surface area contributed by atoms with E-state index in [-0.39, 0.29) is 31.1 Å². The predicted molar refractivity (Wildman–Crippen MR) is 116 cm³/mol. The number of aliphatic hydroxyl groups excluding tert-OH is 1. The number of hydrogen-bond acceptors (Lipinski definition) is 5.